The number of aliphatic hydroxyl groups is 1. The van der Waals surface area contributed by atoms with Gasteiger partial charge in [-0.25, -0.2) is 9.37 Å². The molecule has 1 unspecified atom stereocenters. The van der Waals surface area contributed by atoms with E-state index in [0.29, 0.717) is 17.7 Å². The summed E-state index contributed by atoms with van der Waals surface area (Å²) in [4.78, 5) is 4.14. The summed E-state index contributed by atoms with van der Waals surface area (Å²) in [5.74, 6) is -0.456. The first kappa shape index (κ1) is 16.0. The number of hydrogen-bond acceptors (Lipinski definition) is 3. The molecular formula is C19H13BrFN3O. The lowest BCUT2D eigenvalue weighted by Crippen LogP contribution is -2.24. The molecule has 2 atom stereocenters. The van der Waals surface area contributed by atoms with Gasteiger partial charge in [0.15, 0.2) is 0 Å². The Morgan fingerprint density at radius 3 is 2.88 bits per heavy atom. The quantitative estimate of drug-likeness (QED) is 0.713. The highest BCUT2D eigenvalue weighted by atomic mass is 79.9. The fraction of sp³-hybridized carbons (Fsp3) is 0.158. The van der Waals surface area contributed by atoms with Crippen molar-refractivity contribution < 1.29 is 9.50 Å². The summed E-state index contributed by atoms with van der Waals surface area (Å²) in [6, 6.07) is 13.4. The molecular weight excluding hydrogens is 385 g/mol. The van der Waals surface area contributed by atoms with Crippen LogP contribution in [0.1, 0.15) is 34.8 Å². The average Bonchev–Trinajstić information content (AvgIpc) is 3.19. The molecule has 1 aromatic heterocycles. The van der Waals surface area contributed by atoms with Crippen molar-refractivity contribution in [1.29, 1.82) is 5.26 Å². The third-order valence-corrected chi connectivity index (χ3v) is 5.20. The first-order chi connectivity index (χ1) is 12.0. The molecule has 0 aliphatic carbocycles. The summed E-state index contributed by atoms with van der Waals surface area (Å²) >= 11 is 3.43. The number of benzene rings is 2. The summed E-state index contributed by atoms with van der Waals surface area (Å²) in [6.45, 7) is 0. The molecule has 1 N–H and O–H groups in total. The van der Waals surface area contributed by atoms with Crippen LogP contribution in [-0.2, 0) is 5.60 Å². The number of hydrogen-bond donors (Lipinski definition) is 1. The maximum atomic E-state index is 14.5. The van der Waals surface area contributed by atoms with E-state index in [1.165, 1.54) is 6.07 Å². The highest BCUT2D eigenvalue weighted by Crippen LogP contribution is 2.47. The predicted molar refractivity (Wildman–Crippen MR) is 93.2 cm³/mol. The van der Waals surface area contributed by atoms with Gasteiger partial charge in [0.2, 0.25) is 0 Å². The van der Waals surface area contributed by atoms with Gasteiger partial charge in [0.1, 0.15) is 11.4 Å². The maximum Gasteiger partial charge on any atom is 0.133 e. The predicted octanol–water partition coefficient (Wildman–Crippen LogP) is 3.89. The van der Waals surface area contributed by atoms with Crippen LogP contribution in [0, 0.1) is 17.1 Å². The summed E-state index contributed by atoms with van der Waals surface area (Å²) < 4.78 is 17.2. The Labute approximate surface area is 152 Å². The molecule has 0 saturated carbocycles. The van der Waals surface area contributed by atoms with Gasteiger partial charge in [-0.2, -0.15) is 5.26 Å². The highest BCUT2D eigenvalue weighted by molar-refractivity contribution is 9.10. The summed E-state index contributed by atoms with van der Waals surface area (Å²) in [5.41, 5.74) is 0.793. The van der Waals surface area contributed by atoms with Crippen LogP contribution in [0.2, 0.25) is 0 Å². The van der Waals surface area contributed by atoms with Gasteiger partial charge in [-0.3, -0.25) is 0 Å². The SMILES string of the molecule is N#Cc1ccc([C@H]2CC(O)(c3cccc(Br)c3)c3cncn32)c(F)c1. The van der Waals surface area contributed by atoms with Crippen molar-refractivity contribution in [3.63, 3.8) is 0 Å². The maximum absolute atomic E-state index is 14.5. The van der Waals surface area contributed by atoms with E-state index in [1.54, 1.807) is 29.2 Å². The smallest absolute Gasteiger partial charge is 0.133 e. The van der Waals surface area contributed by atoms with Crippen molar-refractivity contribution >= 4 is 15.9 Å². The number of aromatic nitrogens is 2. The van der Waals surface area contributed by atoms with Crippen molar-refractivity contribution in [1.82, 2.24) is 9.55 Å². The van der Waals surface area contributed by atoms with Crippen molar-refractivity contribution in [2.75, 3.05) is 0 Å². The van der Waals surface area contributed by atoms with E-state index in [1.807, 2.05) is 30.3 Å². The van der Waals surface area contributed by atoms with E-state index in [-0.39, 0.29) is 5.56 Å². The Morgan fingerprint density at radius 1 is 1.32 bits per heavy atom. The minimum atomic E-state index is -1.26. The van der Waals surface area contributed by atoms with Crippen molar-refractivity contribution in [3.8, 4) is 6.07 Å². The molecule has 2 aromatic carbocycles. The lowest BCUT2D eigenvalue weighted by Gasteiger charge is -2.23. The first-order valence-electron chi connectivity index (χ1n) is 7.73. The molecule has 0 saturated heterocycles. The molecule has 0 spiro atoms. The average molecular weight is 398 g/mol. The number of nitriles is 1. The molecule has 0 bridgehead atoms. The van der Waals surface area contributed by atoms with Gasteiger partial charge in [-0.05, 0) is 29.8 Å². The van der Waals surface area contributed by atoms with Gasteiger partial charge in [0, 0.05) is 16.5 Å². The largest absolute Gasteiger partial charge is 0.379 e. The second kappa shape index (κ2) is 5.80. The second-order valence-electron chi connectivity index (χ2n) is 6.12. The molecule has 25 heavy (non-hydrogen) atoms. The van der Waals surface area contributed by atoms with Crippen molar-refractivity contribution in [2.24, 2.45) is 0 Å². The molecule has 4 nitrogen and oxygen atoms in total. The van der Waals surface area contributed by atoms with E-state index >= 15 is 0 Å². The second-order valence-corrected chi connectivity index (χ2v) is 7.04. The molecule has 1 aliphatic heterocycles. The normalized spacial score (nSPS) is 21.8. The molecule has 1 aliphatic rings. The van der Waals surface area contributed by atoms with Crippen LogP contribution < -0.4 is 0 Å². The van der Waals surface area contributed by atoms with Crippen LogP contribution in [0.25, 0.3) is 0 Å². The number of halogens is 2. The van der Waals surface area contributed by atoms with E-state index in [2.05, 4.69) is 20.9 Å². The van der Waals surface area contributed by atoms with Gasteiger partial charge < -0.3 is 9.67 Å². The number of nitrogens with zero attached hydrogens (tertiary/aromatic N) is 3. The fourth-order valence-electron chi connectivity index (χ4n) is 3.49. The Balaban J connectivity index is 1.83. The molecule has 3 aromatic rings. The standard InChI is InChI=1S/C19H13BrFN3O/c20-14-3-1-2-13(7-14)19(25)8-17(24-11-23-10-18(19)24)15-5-4-12(9-22)6-16(15)21/h1-7,10-11,17,25H,8H2/t17-,19?/m1/s1. The van der Waals surface area contributed by atoms with Gasteiger partial charge >= 0.3 is 0 Å². The minimum absolute atomic E-state index is 0.271. The van der Waals surface area contributed by atoms with Crippen LogP contribution in [0.5, 0.6) is 0 Å². The van der Waals surface area contributed by atoms with Crippen molar-refractivity contribution in [3.05, 3.63) is 87.7 Å². The van der Waals surface area contributed by atoms with Gasteiger partial charge in [-0.15, -0.1) is 0 Å². The van der Waals surface area contributed by atoms with Crippen LogP contribution in [0.15, 0.2) is 59.5 Å². The minimum Gasteiger partial charge on any atom is -0.379 e. The molecule has 124 valence electrons. The highest BCUT2D eigenvalue weighted by Gasteiger charge is 2.45. The molecule has 6 heteroatoms. The fourth-order valence-corrected chi connectivity index (χ4v) is 3.89. The zero-order valence-electron chi connectivity index (χ0n) is 13.0. The zero-order chi connectivity index (χ0) is 17.6. The van der Waals surface area contributed by atoms with E-state index in [9.17, 15) is 9.50 Å². The molecule has 0 fully saturated rings. The number of imidazole rings is 1. The molecule has 0 radical (unpaired) electrons. The Kier molecular flexibility index (Phi) is 3.71. The summed E-state index contributed by atoms with van der Waals surface area (Å²) in [5, 5.41) is 20.3. The monoisotopic (exact) mass is 397 g/mol. The molecule has 2 heterocycles. The first-order valence-corrected chi connectivity index (χ1v) is 8.52. The third kappa shape index (κ3) is 2.48. The lowest BCUT2D eigenvalue weighted by molar-refractivity contribution is 0.0792. The number of fused-ring (bicyclic) bond motifs is 1. The third-order valence-electron chi connectivity index (χ3n) is 4.71. The van der Waals surface area contributed by atoms with Crippen LogP contribution in [-0.4, -0.2) is 14.7 Å². The summed E-state index contributed by atoms with van der Waals surface area (Å²) in [6.07, 6.45) is 3.51. The van der Waals surface area contributed by atoms with Crippen LogP contribution in [0.4, 0.5) is 4.39 Å². The van der Waals surface area contributed by atoms with Crippen molar-refractivity contribution in [2.45, 2.75) is 18.1 Å². The van der Waals surface area contributed by atoms with E-state index in [4.69, 9.17) is 5.26 Å². The van der Waals surface area contributed by atoms with Gasteiger partial charge in [-0.1, -0.05) is 34.1 Å². The Hall–Kier alpha value is -2.49. The lowest BCUT2D eigenvalue weighted by atomic mass is 9.86. The van der Waals surface area contributed by atoms with Crippen LogP contribution >= 0.6 is 15.9 Å². The summed E-state index contributed by atoms with van der Waals surface area (Å²) in [7, 11) is 0. The topological polar surface area (TPSA) is 61.8 Å². The van der Waals surface area contributed by atoms with E-state index < -0.39 is 17.5 Å². The molecule has 0 amide bonds. The zero-order valence-corrected chi connectivity index (χ0v) is 14.6. The molecule has 4 rings (SSSR count). The van der Waals surface area contributed by atoms with Gasteiger partial charge in [0.05, 0.1) is 35.9 Å². The Morgan fingerprint density at radius 2 is 2.16 bits per heavy atom. The van der Waals surface area contributed by atoms with E-state index in [0.717, 1.165) is 10.0 Å². The number of rotatable bonds is 2. The van der Waals surface area contributed by atoms with Gasteiger partial charge in [0.25, 0.3) is 0 Å². The van der Waals surface area contributed by atoms with Crippen LogP contribution in [0.3, 0.4) is 0 Å². The Bertz CT molecular complexity index is 1010.